The summed E-state index contributed by atoms with van der Waals surface area (Å²) in [6, 6.07) is 7.87. The van der Waals surface area contributed by atoms with Crippen LogP contribution in [0.1, 0.15) is 30.9 Å². The number of alkyl halides is 3. The maximum Gasteiger partial charge on any atom is 0.421 e. The van der Waals surface area contributed by atoms with Crippen LogP contribution in [-0.2, 0) is 10.9 Å². The number of aryl methyl sites for hydroxylation is 1. The molecule has 3 aliphatic heterocycles. The molecule has 10 nitrogen and oxygen atoms in total. The van der Waals surface area contributed by atoms with Crippen molar-refractivity contribution >= 4 is 42.1 Å². The van der Waals surface area contributed by atoms with E-state index in [9.17, 15) is 13.2 Å². The van der Waals surface area contributed by atoms with Gasteiger partial charge in [-0.05, 0) is 63.8 Å². The predicted molar refractivity (Wildman–Crippen MR) is 179 cm³/mol. The van der Waals surface area contributed by atoms with Crippen LogP contribution in [0.5, 0.6) is 17.2 Å². The number of hydrogen-bond acceptors (Lipinski definition) is 10. The molecular formula is C33H42F3N6O4P. The lowest BCUT2D eigenvalue weighted by atomic mass is 9.97. The molecular weight excluding hydrogens is 632 g/mol. The number of halogens is 3. The first-order chi connectivity index (χ1) is 22.5. The van der Waals surface area contributed by atoms with Crippen molar-refractivity contribution in [2.24, 2.45) is 0 Å². The zero-order valence-corrected chi connectivity index (χ0v) is 28.3. The molecule has 47 heavy (non-hydrogen) atoms. The van der Waals surface area contributed by atoms with Crippen LogP contribution in [-0.4, -0.2) is 93.5 Å². The number of rotatable bonds is 10. The molecule has 0 unspecified atom stereocenters. The average Bonchev–Trinajstić information content (AvgIpc) is 3.02. The highest BCUT2D eigenvalue weighted by Crippen LogP contribution is 2.43. The lowest BCUT2D eigenvalue weighted by Gasteiger charge is -2.47. The van der Waals surface area contributed by atoms with E-state index in [1.807, 2.05) is 39.3 Å². The second-order valence-corrected chi connectivity index (χ2v) is 14.4. The molecule has 2 fully saturated rings. The normalized spacial score (nSPS) is 17.5. The monoisotopic (exact) mass is 674 g/mol. The summed E-state index contributed by atoms with van der Waals surface area (Å²) >= 11 is 0. The van der Waals surface area contributed by atoms with Gasteiger partial charge in [0, 0.05) is 62.1 Å². The number of likely N-dealkylation sites (tertiary alicyclic amines) is 1. The minimum atomic E-state index is -4.68. The maximum atomic E-state index is 14.2. The van der Waals surface area contributed by atoms with Gasteiger partial charge >= 0.3 is 6.18 Å². The first-order valence-corrected chi connectivity index (χ1v) is 18.2. The van der Waals surface area contributed by atoms with Crippen molar-refractivity contribution in [1.82, 2.24) is 14.9 Å². The molecule has 0 spiro atoms. The largest absolute Gasteiger partial charge is 0.494 e. The smallest absolute Gasteiger partial charge is 0.421 e. The van der Waals surface area contributed by atoms with Crippen molar-refractivity contribution < 1.29 is 32.1 Å². The van der Waals surface area contributed by atoms with Crippen LogP contribution in [0, 0.1) is 6.92 Å². The summed E-state index contributed by atoms with van der Waals surface area (Å²) < 4.78 is 65.5. The van der Waals surface area contributed by atoms with E-state index in [1.165, 1.54) is 0 Å². The number of nitrogens with zero attached hydrogens (tertiary/aromatic N) is 4. The molecule has 0 aliphatic carbocycles. The molecule has 254 valence electrons. The number of anilines is 5. The van der Waals surface area contributed by atoms with Crippen molar-refractivity contribution in [3.63, 3.8) is 0 Å². The number of nitrogens with one attached hydrogen (secondary N) is 2. The Morgan fingerprint density at radius 3 is 2.47 bits per heavy atom. The Morgan fingerprint density at radius 1 is 1.04 bits per heavy atom. The topological polar surface area (TPSA) is 93.2 Å². The molecule has 3 aromatic rings. The maximum absolute atomic E-state index is 14.2. The fraction of sp³-hybridized carbons (Fsp3) is 0.515. The Balaban J connectivity index is 1.22. The van der Waals surface area contributed by atoms with Gasteiger partial charge in [0.1, 0.15) is 30.3 Å². The van der Waals surface area contributed by atoms with Crippen LogP contribution in [0.3, 0.4) is 0 Å². The molecule has 14 heteroatoms. The number of fused-ring (bicyclic) bond motifs is 1. The standard InChI is InChI=1S/C33H42F3N6O4P/c1-6-44-22-18-42(19-22)21-9-11-41(12-10-21)26-16-28(43-3)25(15-20(26)2)39-32-37-17-23(33(34,35)36)31(40-32)38-24-7-8-27-29(30(24)47(4)5)46-14-13-45-27/h7-8,15-17,21-22H,6,9-14,18-19H2,1-5H3,(H2,37,38,39,40). The average molecular weight is 675 g/mol. The van der Waals surface area contributed by atoms with Crippen LogP contribution in [0.15, 0.2) is 30.5 Å². The summed E-state index contributed by atoms with van der Waals surface area (Å²) in [5.41, 5.74) is 2.14. The zero-order valence-electron chi connectivity index (χ0n) is 27.4. The minimum Gasteiger partial charge on any atom is -0.494 e. The van der Waals surface area contributed by atoms with Crippen LogP contribution in [0.2, 0.25) is 0 Å². The van der Waals surface area contributed by atoms with E-state index in [0.717, 1.165) is 68.4 Å². The van der Waals surface area contributed by atoms with Crippen molar-refractivity contribution in [2.75, 3.05) is 82.0 Å². The molecule has 0 atom stereocenters. The lowest BCUT2D eigenvalue weighted by Crippen LogP contribution is -2.58. The summed E-state index contributed by atoms with van der Waals surface area (Å²) in [7, 11) is 0.797. The Labute approximate surface area is 274 Å². The summed E-state index contributed by atoms with van der Waals surface area (Å²) in [5, 5.41) is 6.83. The van der Waals surface area contributed by atoms with Gasteiger partial charge in [-0.15, -0.1) is 0 Å². The van der Waals surface area contributed by atoms with Gasteiger partial charge in [-0.25, -0.2) is 4.98 Å². The number of methoxy groups -OCH3 is 1. The Kier molecular flexibility index (Phi) is 9.87. The first kappa shape index (κ1) is 33.4. The highest BCUT2D eigenvalue weighted by atomic mass is 31.1. The second kappa shape index (κ2) is 13.9. The van der Waals surface area contributed by atoms with E-state index >= 15 is 0 Å². The molecule has 0 bridgehead atoms. The van der Waals surface area contributed by atoms with Gasteiger partial charge in [0.25, 0.3) is 0 Å². The molecule has 0 radical (unpaired) electrons. The fourth-order valence-electron chi connectivity index (χ4n) is 6.50. The number of piperidine rings is 1. The fourth-order valence-corrected chi connectivity index (χ4v) is 7.70. The van der Waals surface area contributed by atoms with E-state index in [0.29, 0.717) is 54.0 Å². The van der Waals surface area contributed by atoms with Gasteiger partial charge in [0.05, 0.1) is 24.6 Å². The molecule has 6 rings (SSSR count). The molecule has 4 heterocycles. The van der Waals surface area contributed by atoms with Gasteiger partial charge in [-0.1, -0.05) is 7.92 Å². The Bertz CT molecular complexity index is 1580. The second-order valence-electron chi connectivity index (χ2n) is 12.2. The third kappa shape index (κ3) is 7.17. The van der Waals surface area contributed by atoms with Crippen LogP contribution >= 0.6 is 7.92 Å². The van der Waals surface area contributed by atoms with E-state index in [2.05, 4.69) is 30.4 Å². The molecule has 3 aliphatic rings. The first-order valence-electron chi connectivity index (χ1n) is 15.9. The van der Waals surface area contributed by atoms with Gasteiger partial charge in [-0.3, -0.25) is 4.90 Å². The Hall–Kier alpha value is -3.54. The number of benzene rings is 2. The van der Waals surface area contributed by atoms with Crippen molar-refractivity contribution in [3.05, 3.63) is 41.6 Å². The van der Waals surface area contributed by atoms with Crippen LogP contribution in [0.4, 0.5) is 42.0 Å². The summed E-state index contributed by atoms with van der Waals surface area (Å²) in [6.07, 6.45) is -1.39. The molecule has 1 aromatic heterocycles. The number of ether oxygens (including phenoxy) is 4. The molecule has 2 N–H and O–H groups in total. The Morgan fingerprint density at radius 2 is 1.79 bits per heavy atom. The number of aromatic nitrogens is 2. The molecule has 0 saturated carbocycles. The molecule has 2 saturated heterocycles. The van der Waals surface area contributed by atoms with Gasteiger partial charge in [0.15, 0.2) is 11.5 Å². The summed E-state index contributed by atoms with van der Waals surface area (Å²) in [5.74, 6) is 1.32. The van der Waals surface area contributed by atoms with Crippen LogP contribution < -0.4 is 35.0 Å². The highest BCUT2D eigenvalue weighted by molar-refractivity contribution is 7.64. The molecule has 0 amide bonds. The molecule has 2 aromatic carbocycles. The third-order valence-electron chi connectivity index (χ3n) is 8.84. The minimum absolute atomic E-state index is 0.000948. The summed E-state index contributed by atoms with van der Waals surface area (Å²) in [4.78, 5) is 13.2. The van der Waals surface area contributed by atoms with E-state index in [1.54, 1.807) is 19.2 Å². The van der Waals surface area contributed by atoms with Gasteiger partial charge in [0.2, 0.25) is 5.95 Å². The predicted octanol–water partition coefficient (Wildman–Crippen LogP) is 6.13. The van der Waals surface area contributed by atoms with E-state index < -0.39 is 19.7 Å². The van der Waals surface area contributed by atoms with E-state index in [-0.39, 0.29) is 11.8 Å². The van der Waals surface area contributed by atoms with Gasteiger partial charge in [-0.2, -0.15) is 18.2 Å². The quantitative estimate of drug-likeness (QED) is 0.245. The summed E-state index contributed by atoms with van der Waals surface area (Å²) in [6.45, 7) is 13.5. The lowest BCUT2D eigenvalue weighted by molar-refractivity contribution is -0.137. The number of hydrogen-bond donors (Lipinski definition) is 2. The van der Waals surface area contributed by atoms with Gasteiger partial charge < -0.3 is 34.5 Å². The van der Waals surface area contributed by atoms with Crippen LogP contribution in [0.25, 0.3) is 0 Å². The SMILES string of the molecule is CCOC1CN(C2CCN(c3cc(OC)c(Nc4ncc(C(F)(F)F)c(Nc5ccc6c(c5P(C)C)OCCO6)n4)cc3C)CC2)C1. The zero-order chi connectivity index (χ0) is 33.3. The van der Waals surface area contributed by atoms with E-state index in [4.69, 9.17) is 18.9 Å². The van der Waals surface area contributed by atoms with Crippen molar-refractivity contribution in [1.29, 1.82) is 0 Å². The third-order valence-corrected chi connectivity index (χ3v) is 10.2. The highest BCUT2D eigenvalue weighted by Gasteiger charge is 2.37. The van der Waals surface area contributed by atoms with Crippen molar-refractivity contribution in [2.45, 2.75) is 45.0 Å². The van der Waals surface area contributed by atoms with Crippen molar-refractivity contribution in [3.8, 4) is 17.2 Å².